The molecule has 5 rings (SSSR count). The predicted octanol–water partition coefficient (Wildman–Crippen LogP) is 4.32. The highest BCUT2D eigenvalue weighted by atomic mass is 32.1. The molecule has 0 saturated heterocycles. The highest BCUT2D eigenvalue weighted by Crippen LogP contribution is 2.41. The number of hydrogen-bond donors (Lipinski definition) is 0. The molecule has 1 aliphatic rings. The predicted molar refractivity (Wildman–Crippen MR) is 113 cm³/mol. The first kappa shape index (κ1) is 19.4. The Kier molecular flexibility index (Phi) is 4.74. The van der Waals surface area contributed by atoms with Gasteiger partial charge in [0.1, 0.15) is 22.7 Å². The van der Waals surface area contributed by atoms with E-state index in [-0.39, 0.29) is 22.3 Å². The van der Waals surface area contributed by atoms with Crippen molar-refractivity contribution in [2.45, 2.75) is 19.4 Å². The maximum Gasteiger partial charge on any atom is 0.297 e. The highest BCUT2D eigenvalue weighted by Gasteiger charge is 2.45. The second-order valence-corrected chi connectivity index (χ2v) is 7.84. The Hall–Kier alpha value is -3.59. The Morgan fingerprint density at radius 1 is 1.19 bits per heavy atom. The van der Waals surface area contributed by atoms with E-state index in [1.165, 1.54) is 33.9 Å². The molecule has 1 atom stereocenters. The molecule has 156 valence electrons. The molecule has 1 aliphatic heterocycles. The molecule has 2 aromatic carbocycles. The number of anilines is 1. The van der Waals surface area contributed by atoms with Gasteiger partial charge in [0.2, 0.25) is 10.9 Å². The largest absolute Gasteiger partial charge is 0.494 e. The quantitative estimate of drug-likeness (QED) is 0.462. The summed E-state index contributed by atoms with van der Waals surface area (Å²) in [5.74, 6) is -0.439. The third kappa shape index (κ3) is 3.17. The topological polar surface area (TPSA) is 85.5 Å². The van der Waals surface area contributed by atoms with Crippen LogP contribution in [0.15, 0.2) is 57.2 Å². The molecule has 0 spiro atoms. The summed E-state index contributed by atoms with van der Waals surface area (Å²) in [6.07, 6.45) is 0.877. The van der Waals surface area contributed by atoms with Crippen LogP contribution in [0.1, 0.15) is 41.1 Å². The average molecular weight is 437 g/mol. The van der Waals surface area contributed by atoms with Crippen molar-refractivity contribution < 1.29 is 18.3 Å². The normalized spacial score (nSPS) is 15.5. The summed E-state index contributed by atoms with van der Waals surface area (Å²) in [5, 5.41) is 8.27. The SMILES string of the molecule is CCCOc1ccc(C2c3c(oc4ccc(F)cc4c3=O)C(=O)N2c2nncs2)cc1. The van der Waals surface area contributed by atoms with Crippen LogP contribution in [0.3, 0.4) is 0 Å². The van der Waals surface area contributed by atoms with Crippen molar-refractivity contribution in [1.82, 2.24) is 10.2 Å². The lowest BCUT2D eigenvalue weighted by Gasteiger charge is -2.22. The van der Waals surface area contributed by atoms with Crippen molar-refractivity contribution in [3.8, 4) is 5.75 Å². The molecule has 3 heterocycles. The lowest BCUT2D eigenvalue weighted by molar-refractivity contribution is 0.0970. The second-order valence-electron chi connectivity index (χ2n) is 7.03. The molecule has 1 amide bonds. The van der Waals surface area contributed by atoms with Gasteiger partial charge in [0.25, 0.3) is 5.91 Å². The second kappa shape index (κ2) is 7.59. The summed E-state index contributed by atoms with van der Waals surface area (Å²) in [6.45, 7) is 2.60. The van der Waals surface area contributed by atoms with Crippen LogP contribution in [0.4, 0.5) is 9.52 Å². The van der Waals surface area contributed by atoms with Gasteiger partial charge in [-0.25, -0.2) is 4.39 Å². The molecular formula is C22H16FN3O4S. The maximum atomic E-state index is 13.8. The summed E-state index contributed by atoms with van der Waals surface area (Å²) in [5.41, 5.74) is 2.03. The standard InChI is InChI=1S/C22H16FN3O4S/c1-2-9-29-14-6-3-12(4-7-14)18-17-19(27)15-10-13(23)5-8-16(15)30-20(17)21(28)26(18)22-25-24-11-31-22/h3-8,10-11,18H,2,9H2,1H3. The fourth-order valence-electron chi connectivity index (χ4n) is 3.70. The number of aromatic nitrogens is 2. The van der Waals surface area contributed by atoms with Gasteiger partial charge in [-0.15, -0.1) is 10.2 Å². The van der Waals surface area contributed by atoms with Crippen LogP contribution in [0.5, 0.6) is 5.75 Å². The maximum absolute atomic E-state index is 13.8. The lowest BCUT2D eigenvalue weighted by atomic mass is 9.98. The number of benzene rings is 2. The van der Waals surface area contributed by atoms with E-state index < -0.39 is 23.2 Å². The van der Waals surface area contributed by atoms with Crippen LogP contribution in [0.2, 0.25) is 0 Å². The number of nitrogens with zero attached hydrogens (tertiary/aromatic N) is 3. The van der Waals surface area contributed by atoms with Crippen LogP contribution in [-0.4, -0.2) is 22.7 Å². The fourth-order valence-corrected chi connectivity index (χ4v) is 4.28. The van der Waals surface area contributed by atoms with E-state index in [2.05, 4.69) is 10.2 Å². The summed E-state index contributed by atoms with van der Waals surface area (Å²) >= 11 is 1.17. The zero-order valence-corrected chi connectivity index (χ0v) is 17.2. The molecule has 0 saturated carbocycles. The van der Waals surface area contributed by atoms with E-state index in [1.807, 2.05) is 6.92 Å². The van der Waals surface area contributed by atoms with Gasteiger partial charge in [0.05, 0.1) is 23.6 Å². The van der Waals surface area contributed by atoms with Gasteiger partial charge in [-0.1, -0.05) is 30.4 Å². The van der Waals surface area contributed by atoms with Crippen molar-refractivity contribution in [1.29, 1.82) is 0 Å². The number of ether oxygens (including phenoxy) is 1. The van der Waals surface area contributed by atoms with Crippen molar-refractivity contribution in [3.05, 3.63) is 80.9 Å². The zero-order valence-electron chi connectivity index (χ0n) is 16.4. The Morgan fingerprint density at radius 3 is 2.71 bits per heavy atom. The van der Waals surface area contributed by atoms with Crippen LogP contribution in [0, 0.1) is 5.82 Å². The van der Waals surface area contributed by atoms with Crippen molar-refractivity contribution in [2.24, 2.45) is 0 Å². The molecule has 7 nitrogen and oxygen atoms in total. The number of fused-ring (bicyclic) bond motifs is 2. The van der Waals surface area contributed by atoms with Crippen LogP contribution in [0.25, 0.3) is 11.0 Å². The molecule has 9 heteroatoms. The van der Waals surface area contributed by atoms with Crippen LogP contribution >= 0.6 is 11.3 Å². The van der Waals surface area contributed by atoms with Crippen LogP contribution < -0.4 is 15.1 Å². The lowest BCUT2D eigenvalue weighted by Crippen LogP contribution is -2.29. The monoisotopic (exact) mass is 437 g/mol. The first-order valence-electron chi connectivity index (χ1n) is 9.67. The molecular weight excluding hydrogens is 421 g/mol. The first-order chi connectivity index (χ1) is 15.1. The summed E-state index contributed by atoms with van der Waals surface area (Å²) in [4.78, 5) is 28.0. The Morgan fingerprint density at radius 2 is 2.00 bits per heavy atom. The molecule has 2 aromatic heterocycles. The number of halogens is 1. The van der Waals surface area contributed by atoms with E-state index in [0.29, 0.717) is 23.1 Å². The van der Waals surface area contributed by atoms with E-state index in [9.17, 15) is 14.0 Å². The van der Waals surface area contributed by atoms with Gasteiger partial charge in [-0.3, -0.25) is 14.5 Å². The number of carbonyl (C=O) groups excluding carboxylic acids is 1. The van der Waals surface area contributed by atoms with Gasteiger partial charge in [-0.2, -0.15) is 0 Å². The summed E-state index contributed by atoms with van der Waals surface area (Å²) in [6, 6.07) is 10.0. The zero-order chi connectivity index (χ0) is 21.5. The minimum Gasteiger partial charge on any atom is -0.494 e. The molecule has 0 bridgehead atoms. The van der Waals surface area contributed by atoms with Crippen molar-refractivity contribution >= 4 is 33.3 Å². The van der Waals surface area contributed by atoms with E-state index in [0.717, 1.165) is 12.5 Å². The molecule has 0 radical (unpaired) electrons. The van der Waals surface area contributed by atoms with Gasteiger partial charge in [0.15, 0.2) is 5.43 Å². The Labute approximate surface area is 179 Å². The Bertz CT molecular complexity index is 1340. The summed E-state index contributed by atoms with van der Waals surface area (Å²) in [7, 11) is 0. The van der Waals surface area contributed by atoms with E-state index in [1.54, 1.807) is 24.3 Å². The minimum absolute atomic E-state index is 0.0735. The van der Waals surface area contributed by atoms with Gasteiger partial charge in [-0.05, 0) is 42.3 Å². The Balaban J connectivity index is 1.71. The van der Waals surface area contributed by atoms with Gasteiger partial charge < -0.3 is 9.15 Å². The minimum atomic E-state index is -0.778. The van der Waals surface area contributed by atoms with Crippen molar-refractivity contribution in [3.63, 3.8) is 0 Å². The molecule has 0 N–H and O–H groups in total. The third-order valence-corrected chi connectivity index (χ3v) is 5.74. The molecule has 1 unspecified atom stereocenters. The van der Waals surface area contributed by atoms with E-state index >= 15 is 0 Å². The van der Waals surface area contributed by atoms with Crippen LogP contribution in [-0.2, 0) is 0 Å². The number of hydrogen-bond acceptors (Lipinski definition) is 7. The number of carbonyl (C=O) groups is 1. The average Bonchev–Trinajstić information content (AvgIpc) is 3.40. The molecule has 31 heavy (non-hydrogen) atoms. The van der Waals surface area contributed by atoms with Gasteiger partial charge >= 0.3 is 0 Å². The molecule has 4 aromatic rings. The molecule has 0 aliphatic carbocycles. The fraction of sp³-hybridized carbons (Fsp3) is 0.182. The number of rotatable bonds is 5. The van der Waals surface area contributed by atoms with Crippen molar-refractivity contribution in [2.75, 3.05) is 11.5 Å². The highest BCUT2D eigenvalue weighted by molar-refractivity contribution is 7.13. The molecule has 0 fully saturated rings. The number of amides is 1. The van der Waals surface area contributed by atoms with E-state index in [4.69, 9.17) is 9.15 Å². The smallest absolute Gasteiger partial charge is 0.297 e. The first-order valence-corrected chi connectivity index (χ1v) is 10.5. The van der Waals surface area contributed by atoms with Gasteiger partial charge in [0, 0.05) is 0 Å². The third-order valence-electron chi connectivity index (χ3n) is 5.06. The summed E-state index contributed by atoms with van der Waals surface area (Å²) < 4.78 is 25.2.